The molecular formula is C22H21ClN6OS2. The molecule has 0 saturated heterocycles. The minimum absolute atomic E-state index is 0.145. The third-order valence-corrected chi connectivity index (χ3v) is 6.63. The molecule has 4 rings (SSSR count). The summed E-state index contributed by atoms with van der Waals surface area (Å²) < 4.78 is 1.97. The van der Waals surface area contributed by atoms with Crippen LogP contribution < -0.4 is 5.32 Å². The van der Waals surface area contributed by atoms with Crippen LogP contribution in [-0.4, -0.2) is 37.2 Å². The van der Waals surface area contributed by atoms with Gasteiger partial charge in [0.05, 0.1) is 11.4 Å². The zero-order valence-corrected chi connectivity index (χ0v) is 19.9. The number of carbonyl (C=O) groups is 1. The normalized spacial score (nSPS) is 11.1. The van der Waals surface area contributed by atoms with Gasteiger partial charge in [0.1, 0.15) is 10.7 Å². The largest absolute Gasteiger partial charge is 0.350 e. The maximum atomic E-state index is 12.3. The molecule has 0 saturated carbocycles. The minimum Gasteiger partial charge on any atom is -0.350 e. The number of hydrogen-bond donors (Lipinski definition) is 1. The van der Waals surface area contributed by atoms with Gasteiger partial charge in [-0.2, -0.15) is 0 Å². The van der Waals surface area contributed by atoms with E-state index in [1.54, 1.807) is 17.8 Å². The minimum atomic E-state index is -0.145. The highest BCUT2D eigenvalue weighted by atomic mass is 35.5. The van der Waals surface area contributed by atoms with Crippen molar-refractivity contribution in [2.75, 3.05) is 6.54 Å². The number of amides is 1. The van der Waals surface area contributed by atoms with Gasteiger partial charge in [-0.15, -0.1) is 21.5 Å². The molecule has 1 N–H and O–H groups in total. The van der Waals surface area contributed by atoms with Gasteiger partial charge >= 0.3 is 0 Å². The molecule has 0 unspecified atom stereocenters. The van der Waals surface area contributed by atoms with Crippen LogP contribution in [0.3, 0.4) is 0 Å². The molecule has 0 radical (unpaired) electrons. The Morgan fingerprint density at radius 2 is 2.03 bits per heavy atom. The van der Waals surface area contributed by atoms with E-state index < -0.39 is 0 Å². The summed E-state index contributed by atoms with van der Waals surface area (Å²) in [7, 11) is 0. The Hall–Kier alpha value is -2.75. The van der Waals surface area contributed by atoms with Crippen LogP contribution in [-0.2, 0) is 5.75 Å². The summed E-state index contributed by atoms with van der Waals surface area (Å²) in [6.07, 6.45) is 3.45. The lowest BCUT2D eigenvalue weighted by atomic mass is 10.2. The number of nitrogens with zero attached hydrogens (tertiary/aromatic N) is 5. The smallest absolute Gasteiger partial charge is 0.270 e. The predicted octanol–water partition coefficient (Wildman–Crippen LogP) is 5.12. The second-order valence-electron chi connectivity index (χ2n) is 7.38. The van der Waals surface area contributed by atoms with Gasteiger partial charge in [-0.3, -0.25) is 14.3 Å². The fourth-order valence-corrected chi connectivity index (χ4v) is 4.82. The molecule has 0 spiro atoms. The van der Waals surface area contributed by atoms with Gasteiger partial charge in [0, 0.05) is 34.9 Å². The lowest BCUT2D eigenvalue weighted by Gasteiger charge is -2.10. The molecule has 3 aromatic heterocycles. The zero-order valence-electron chi connectivity index (χ0n) is 17.5. The SMILES string of the molecule is CC(C)CNC(=O)c1csc(CSc2nnc(-c3ccncc3)n2-c2cccc(Cl)c2)n1. The van der Waals surface area contributed by atoms with Gasteiger partial charge in [0.25, 0.3) is 5.91 Å². The van der Waals surface area contributed by atoms with Gasteiger partial charge < -0.3 is 5.32 Å². The average molecular weight is 485 g/mol. The van der Waals surface area contributed by atoms with Crippen molar-refractivity contribution in [1.29, 1.82) is 0 Å². The average Bonchev–Trinajstić information content (AvgIpc) is 3.44. The summed E-state index contributed by atoms with van der Waals surface area (Å²) >= 11 is 9.21. The van der Waals surface area contributed by atoms with Gasteiger partial charge in [-0.25, -0.2) is 4.98 Å². The molecule has 10 heteroatoms. The Kier molecular flexibility index (Phi) is 7.19. The lowest BCUT2D eigenvalue weighted by Crippen LogP contribution is -2.27. The first-order valence-electron chi connectivity index (χ1n) is 9.98. The van der Waals surface area contributed by atoms with Gasteiger partial charge in [-0.1, -0.05) is 43.3 Å². The van der Waals surface area contributed by atoms with E-state index in [0.717, 1.165) is 16.3 Å². The topological polar surface area (TPSA) is 85.6 Å². The molecule has 164 valence electrons. The molecule has 1 aromatic carbocycles. The molecule has 3 heterocycles. The molecule has 0 atom stereocenters. The fraction of sp³-hybridized carbons (Fsp3) is 0.227. The van der Waals surface area contributed by atoms with Crippen molar-refractivity contribution in [2.45, 2.75) is 24.8 Å². The predicted molar refractivity (Wildman–Crippen MR) is 128 cm³/mol. The van der Waals surface area contributed by atoms with E-state index in [0.29, 0.717) is 39.9 Å². The highest BCUT2D eigenvalue weighted by molar-refractivity contribution is 7.98. The Morgan fingerprint density at radius 3 is 2.78 bits per heavy atom. The second-order valence-corrected chi connectivity index (χ2v) is 9.70. The number of hydrogen-bond acceptors (Lipinski definition) is 7. The van der Waals surface area contributed by atoms with Crippen molar-refractivity contribution in [3.8, 4) is 17.1 Å². The zero-order chi connectivity index (χ0) is 22.5. The molecule has 0 aliphatic rings. The van der Waals surface area contributed by atoms with Crippen LogP contribution in [0.1, 0.15) is 29.3 Å². The van der Waals surface area contributed by atoms with E-state index in [1.165, 1.54) is 23.1 Å². The lowest BCUT2D eigenvalue weighted by molar-refractivity contribution is 0.0944. The first-order valence-corrected chi connectivity index (χ1v) is 12.2. The van der Waals surface area contributed by atoms with Crippen LogP contribution in [0.4, 0.5) is 0 Å². The number of rotatable bonds is 8. The third kappa shape index (κ3) is 5.35. The molecule has 7 nitrogen and oxygen atoms in total. The Bertz CT molecular complexity index is 1210. The first kappa shape index (κ1) is 22.4. The van der Waals surface area contributed by atoms with Crippen LogP contribution in [0.5, 0.6) is 0 Å². The summed E-state index contributed by atoms with van der Waals surface area (Å²) in [6, 6.07) is 11.3. The number of halogens is 1. The van der Waals surface area contributed by atoms with Crippen LogP contribution in [0.25, 0.3) is 17.1 Å². The van der Waals surface area contributed by atoms with Crippen molar-refractivity contribution < 1.29 is 4.79 Å². The molecule has 0 fully saturated rings. The highest BCUT2D eigenvalue weighted by Crippen LogP contribution is 2.31. The standard InChI is InChI=1S/C22H21ClN6OS2/c1-14(2)11-25-21(30)18-12-31-19(26-18)13-32-22-28-27-20(15-6-8-24-9-7-15)29(22)17-5-3-4-16(23)10-17/h3-10,12,14H,11,13H2,1-2H3,(H,25,30). The summed E-state index contributed by atoms with van der Waals surface area (Å²) in [5, 5.41) is 15.7. The molecule has 32 heavy (non-hydrogen) atoms. The van der Waals surface area contributed by atoms with Crippen molar-refractivity contribution >= 4 is 40.6 Å². The number of nitrogens with one attached hydrogen (secondary N) is 1. The summed E-state index contributed by atoms with van der Waals surface area (Å²) in [6.45, 7) is 4.74. The van der Waals surface area contributed by atoms with Crippen molar-refractivity contribution in [1.82, 2.24) is 30.0 Å². The third-order valence-electron chi connectivity index (χ3n) is 4.42. The number of benzene rings is 1. The number of aromatic nitrogens is 5. The number of thiazole rings is 1. The number of carbonyl (C=O) groups excluding carboxylic acids is 1. The maximum Gasteiger partial charge on any atom is 0.270 e. The molecule has 0 bridgehead atoms. The van der Waals surface area contributed by atoms with Gasteiger partial charge in [0.15, 0.2) is 11.0 Å². The van der Waals surface area contributed by atoms with Gasteiger partial charge in [-0.05, 0) is 36.2 Å². The Morgan fingerprint density at radius 1 is 1.22 bits per heavy atom. The Labute approximate surface area is 199 Å². The monoisotopic (exact) mass is 484 g/mol. The van der Waals surface area contributed by atoms with E-state index in [4.69, 9.17) is 11.6 Å². The van der Waals surface area contributed by atoms with E-state index >= 15 is 0 Å². The first-order chi connectivity index (χ1) is 15.5. The van der Waals surface area contributed by atoms with Crippen molar-refractivity contribution in [3.63, 3.8) is 0 Å². The van der Waals surface area contributed by atoms with E-state index in [1.807, 2.05) is 41.0 Å². The number of thioether (sulfide) groups is 1. The highest BCUT2D eigenvalue weighted by Gasteiger charge is 2.18. The van der Waals surface area contributed by atoms with E-state index in [9.17, 15) is 4.79 Å². The van der Waals surface area contributed by atoms with Gasteiger partial charge in [0.2, 0.25) is 0 Å². The molecule has 4 aromatic rings. The maximum absolute atomic E-state index is 12.3. The van der Waals surface area contributed by atoms with Crippen LogP contribution in [0, 0.1) is 5.92 Å². The van der Waals surface area contributed by atoms with Crippen LogP contribution in [0.2, 0.25) is 5.02 Å². The summed E-state index contributed by atoms with van der Waals surface area (Å²) in [4.78, 5) is 20.8. The van der Waals surface area contributed by atoms with Crippen molar-refractivity contribution in [2.24, 2.45) is 5.92 Å². The molecular weight excluding hydrogens is 464 g/mol. The Balaban J connectivity index is 1.57. The molecule has 0 aliphatic carbocycles. The quantitative estimate of drug-likeness (QED) is 0.349. The molecule has 0 aliphatic heterocycles. The fourth-order valence-electron chi connectivity index (χ4n) is 2.89. The van der Waals surface area contributed by atoms with Crippen LogP contribution in [0.15, 0.2) is 59.3 Å². The molecule has 1 amide bonds. The van der Waals surface area contributed by atoms with Crippen LogP contribution >= 0.6 is 34.7 Å². The summed E-state index contributed by atoms with van der Waals surface area (Å²) in [5.74, 6) is 1.51. The second kappa shape index (κ2) is 10.2. The van der Waals surface area contributed by atoms with E-state index in [2.05, 4.69) is 39.3 Å². The summed E-state index contributed by atoms with van der Waals surface area (Å²) in [5.41, 5.74) is 2.21. The van der Waals surface area contributed by atoms with E-state index in [-0.39, 0.29) is 5.91 Å². The van der Waals surface area contributed by atoms with Crippen molar-refractivity contribution in [3.05, 3.63) is 69.9 Å². The number of pyridine rings is 1.